The summed E-state index contributed by atoms with van der Waals surface area (Å²) in [5.74, 6) is 0. The second kappa shape index (κ2) is 6.49. The molecule has 0 bridgehead atoms. The number of hydrogen-bond acceptors (Lipinski definition) is 3. The summed E-state index contributed by atoms with van der Waals surface area (Å²) in [7, 11) is 0. The second-order valence-corrected chi connectivity index (χ2v) is 5.67. The van der Waals surface area contributed by atoms with Crippen molar-refractivity contribution >= 4 is 0 Å². The van der Waals surface area contributed by atoms with E-state index in [1.54, 1.807) is 0 Å². The summed E-state index contributed by atoms with van der Waals surface area (Å²) >= 11 is 0. The maximum atomic E-state index is 6.62. The van der Waals surface area contributed by atoms with Gasteiger partial charge in [-0.15, -0.1) is 0 Å². The molecule has 0 radical (unpaired) electrons. The second-order valence-electron chi connectivity index (χ2n) is 5.67. The molecule has 0 aliphatic carbocycles. The molecule has 19 heavy (non-hydrogen) atoms. The van der Waals surface area contributed by atoms with E-state index in [-0.39, 0.29) is 11.6 Å². The van der Waals surface area contributed by atoms with Crippen LogP contribution in [0.1, 0.15) is 45.1 Å². The lowest BCUT2D eigenvalue weighted by molar-refractivity contribution is 0.0768. The van der Waals surface area contributed by atoms with Gasteiger partial charge in [0.25, 0.3) is 0 Å². The Morgan fingerprint density at radius 3 is 2.32 bits per heavy atom. The van der Waals surface area contributed by atoms with Crippen molar-refractivity contribution in [3.63, 3.8) is 0 Å². The lowest BCUT2D eigenvalue weighted by Gasteiger charge is -2.45. The molecule has 1 fully saturated rings. The zero-order chi connectivity index (χ0) is 13.7. The summed E-state index contributed by atoms with van der Waals surface area (Å²) in [5, 5.41) is 0. The number of likely N-dealkylation sites (tertiary alicyclic amines) is 1. The third-order valence-electron chi connectivity index (χ3n) is 4.86. The first kappa shape index (κ1) is 14.5. The Kier molecular flexibility index (Phi) is 4.94. The monoisotopic (exact) mass is 261 g/mol. The van der Waals surface area contributed by atoms with Gasteiger partial charge in [-0.1, -0.05) is 13.8 Å². The molecule has 3 heteroatoms. The van der Waals surface area contributed by atoms with Gasteiger partial charge in [0.1, 0.15) is 0 Å². The summed E-state index contributed by atoms with van der Waals surface area (Å²) in [6.07, 6.45) is 9.58. The average molecular weight is 261 g/mol. The van der Waals surface area contributed by atoms with E-state index in [2.05, 4.69) is 35.9 Å². The quantitative estimate of drug-likeness (QED) is 0.856. The molecule has 2 rings (SSSR count). The molecule has 0 amide bonds. The zero-order valence-corrected chi connectivity index (χ0v) is 12.3. The molecule has 0 saturated carbocycles. The minimum Gasteiger partial charge on any atom is -0.326 e. The van der Waals surface area contributed by atoms with Crippen LogP contribution in [0, 0.1) is 0 Å². The van der Waals surface area contributed by atoms with Gasteiger partial charge in [-0.05, 0) is 62.9 Å². The Labute approximate surface area is 117 Å². The first-order valence-corrected chi connectivity index (χ1v) is 7.62. The van der Waals surface area contributed by atoms with Gasteiger partial charge < -0.3 is 5.73 Å². The summed E-state index contributed by atoms with van der Waals surface area (Å²) in [4.78, 5) is 6.72. The van der Waals surface area contributed by atoms with Crippen molar-refractivity contribution < 1.29 is 0 Å². The number of nitrogens with two attached hydrogens (primary N) is 1. The fourth-order valence-corrected chi connectivity index (χ4v) is 3.58. The first-order chi connectivity index (χ1) is 9.23. The van der Waals surface area contributed by atoms with Crippen molar-refractivity contribution in [2.75, 3.05) is 13.1 Å². The van der Waals surface area contributed by atoms with Crippen LogP contribution in [0.4, 0.5) is 0 Å². The van der Waals surface area contributed by atoms with Crippen molar-refractivity contribution in [3.05, 3.63) is 30.1 Å². The minimum absolute atomic E-state index is 0.166. The summed E-state index contributed by atoms with van der Waals surface area (Å²) < 4.78 is 0. The molecule has 1 aromatic heterocycles. The summed E-state index contributed by atoms with van der Waals surface area (Å²) in [5.41, 5.74) is 8.09. The molecule has 106 valence electrons. The van der Waals surface area contributed by atoms with E-state index in [0.29, 0.717) is 0 Å². The van der Waals surface area contributed by atoms with E-state index in [1.807, 2.05) is 12.4 Å². The molecule has 1 aliphatic heterocycles. The molecular formula is C16H27N3. The van der Waals surface area contributed by atoms with Gasteiger partial charge in [-0.3, -0.25) is 9.88 Å². The van der Waals surface area contributed by atoms with Crippen molar-refractivity contribution in [3.8, 4) is 0 Å². The van der Waals surface area contributed by atoms with Gasteiger partial charge in [-0.2, -0.15) is 0 Å². The van der Waals surface area contributed by atoms with Gasteiger partial charge in [0.2, 0.25) is 0 Å². The molecule has 2 heterocycles. The highest BCUT2D eigenvalue weighted by Crippen LogP contribution is 2.32. The van der Waals surface area contributed by atoms with E-state index < -0.39 is 0 Å². The minimum atomic E-state index is 0.166. The molecule has 1 atom stereocenters. The lowest BCUT2D eigenvalue weighted by Crippen LogP contribution is -2.59. The van der Waals surface area contributed by atoms with Crippen molar-refractivity contribution in [1.82, 2.24) is 9.88 Å². The van der Waals surface area contributed by atoms with Gasteiger partial charge in [0.15, 0.2) is 0 Å². The maximum Gasteiger partial charge on any atom is 0.0358 e. The van der Waals surface area contributed by atoms with E-state index in [4.69, 9.17) is 5.73 Å². The molecule has 1 saturated heterocycles. The largest absolute Gasteiger partial charge is 0.326 e. The van der Waals surface area contributed by atoms with E-state index in [1.165, 1.54) is 31.5 Å². The zero-order valence-electron chi connectivity index (χ0n) is 12.3. The first-order valence-electron chi connectivity index (χ1n) is 7.62. The molecule has 0 aromatic carbocycles. The van der Waals surface area contributed by atoms with Crippen LogP contribution in [0.15, 0.2) is 24.5 Å². The number of nitrogens with zero attached hydrogens (tertiary/aromatic N) is 2. The molecule has 2 N–H and O–H groups in total. The predicted molar refractivity (Wildman–Crippen MR) is 80.0 cm³/mol. The lowest BCUT2D eigenvalue weighted by atomic mass is 9.80. The average Bonchev–Trinajstić information content (AvgIpc) is 2.96. The normalized spacial score (nSPS) is 18.7. The van der Waals surface area contributed by atoms with Crippen LogP contribution in [0.2, 0.25) is 0 Å². The van der Waals surface area contributed by atoms with Crippen LogP contribution < -0.4 is 5.73 Å². The van der Waals surface area contributed by atoms with Crippen molar-refractivity contribution in [1.29, 1.82) is 0 Å². The standard InChI is InChI=1S/C16H27N3/c1-3-16(4-2,19-11-5-6-12-19)15(17)13-14-7-9-18-10-8-14/h7-10,15H,3-6,11-13,17H2,1-2H3. The highest BCUT2D eigenvalue weighted by atomic mass is 15.2. The molecule has 1 aromatic rings. The highest BCUT2D eigenvalue weighted by molar-refractivity contribution is 5.14. The number of pyridine rings is 1. The Balaban J connectivity index is 2.13. The van der Waals surface area contributed by atoms with Crippen LogP contribution in [-0.4, -0.2) is 34.6 Å². The fraction of sp³-hybridized carbons (Fsp3) is 0.688. The van der Waals surface area contributed by atoms with E-state index in [0.717, 1.165) is 19.3 Å². The Morgan fingerprint density at radius 2 is 1.79 bits per heavy atom. The van der Waals surface area contributed by atoms with Gasteiger partial charge in [0, 0.05) is 24.0 Å². The van der Waals surface area contributed by atoms with Crippen molar-refractivity contribution in [2.24, 2.45) is 5.73 Å². The fourth-order valence-electron chi connectivity index (χ4n) is 3.58. The summed E-state index contributed by atoms with van der Waals surface area (Å²) in [6.45, 7) is 7.00. The predicted octanol–water partition coefficient (Wildman–Crippen LogP) is 2.61. The third kappa shape index (κ3) is 2.98. The van der Waals surface area contributed by atoms with Gasteiger partial charge >= 0.3 is 0 Å². The molecule has 0 spiro atoms. The van der Waals surface area contributed by atoms with Crippen molar-refractivity contribution in [2.45, 2.75) is 57.5 Å². The maximum absolute atomic E-state index is 6.62. The number of hydrogen-bond donors (Lipinski definition) is 1. The molecule has 1 unspecified atom stereocenters. The Bertz CT molecular complexity index is 367. The highest BCUT2D eigenvalue weighted by Gasteiger charge is 2.40. The Morgan fingerprint density at radius 1 is 1.21 bits per heavy atom. The molecule has 3 nitrogen and oxygen atoms in total. The Hall–Kier alpha value is -0.930. The third-order valence-corrected chi connectivity index (χ3v) is 4.86. The topological polar surface area (TPSA) is 42.1 Å². The molecule has 1 aliphatic rings. The number of aromatic nitrogens is 1. The van der Waals surface area contributed by atoms with Crippen LogP contribution in [0.25, 0.3) is 0 Å². The van der Waals surface area contributed by atoms with Crippen LogP contribution in [0.3, 0.4) is 0 Å². The van der Waals surface area contributed by atoms with E-state index >= 15 is 0 Å². The number of rotatable bonds is 6. The van der Waals surface area contributed by atoms with Crippen LogP contribution in [0.5, 0.6) is 0 Å². The van der Waals surface area contributed by atoms with Crippen LogP contribution >= 0.6 is 0 Å². The van der Waals surface area contributed by atoms with Gasteiger partial charge in [0.05, 0.1) is 0 Å². The van der Waals surface area contributed by atoms with E-state index in [9.17, 15) is 0 Å². The smallest absolute Gasteiger partial charge is 0.0358 e. The SMILES string of the molecule is CCC(CC)(C(N)Cc1ccncc1)N1CCCC1. The van der Waals surface area contributed by atoms with Crippen LogP contribution in [-0.2, 0) is 6.42 Å². The van der Waals surface area contributed by atoms with Gasteiger partial charge in [-0.25, -0.2) is 0 Å². The summed E-state index contributed by atoms with van der Waals surface area (Å²) in [6, 6.07) is 4.36. The molecular weight excluding hydrogens is 234 g/mol.